The number of nitriles is 1. The van der Waals surface area contributed by atoms with E-state index in [-0.39, 0.29) is 10.6 Å². The molecule has 1 atom stereocenters. The van der Waals surface area contributed by atoms with E-state index in [0.29, 0.717) is 11.5 Å². The molecule has 5 nitrogen and oxygen atoms in total. The second-order valence-corrected chi connectivity index (χ2v) is 7.44. The highest BCUT2D eigenvalue weighted by Crippen LogP contribution is 2.37. The van der Waals surface area contributed by atoms with E-state index in [9.17, 15) is 10.1 Å². The predicted octanol–water partition coefficient (Wildman–Crippen LogP) is 5.01. The predicted molar refractivity (Wildman–Crippen MR) is 113 cm³/mol. The van der Waals surface area contributed by atoms with Gasteiger partial charge in [-0.1, -0.05) is 46.3 Å². The molecular formula is C21H14BrN3O2S. The van der Waals surface area contributed by atoms with Crippen molar-refractivity contribution >= 4 is 40.2 Å². The standard InChI is InChI=1S/C21H14BrN3O2S/c22-14-8-6-13(7-9-14)17-10-11-18(27-17)19-24-20(26)16(12-23)21(28)25(19)15-4-2-1-3-5-15/h1-11,19,28H,(H,24,26)/t19-/m0/s1. The van der Waals surface area contributed by atoms with E-state index < -0.39 is 12.1 Å². The SMILES string of the molecule is N#CC1=C(S)N(c2ccccc2)[C@@H](c2ccc(-c3ccc(Br)cc3)o2)NC1=O. The first-order chi connectivity index (χ1) is 13.6. The number of benzene rings is 2. The van der Waals surface area contributed by atoms with Gasteiger partial charge in [-0.3, -0.25) is 4.79 Å². The van der Waals surface area contributed by atoms with Crippen molar-refractivity contribution in [1.29, 1.82) is 5.26 Å². The Morgan fingerprint density at radius 2 is 1.79 bits per heavy atom. The van der Waals surface area contributed by atoms with Crippen LogP contribution in [0.5, 0.6) is 0 Å². The number of thiol groups is 1. The van der Waals surface area contributed by atoms with Gasteiger partial charge in [0.25, 0.3) is 5.91 Å². The molecule has 2 aromatic carbocycles. The van der Waals surface area contributed by atoms with Gasteiger partial charge in [0, 0.05) is 15.7 Å². The third-order valence-corrected chi connectivity index (χ3v) is 5.34. The average molecular weight is 452 g/mol. The molecule has 4 rings (SSSR count). The van der Waals surface area contributed by atoms with Crippen LogP contribution in [-0.4, -0.2) is 5.91 Å². The molecule has 3 aromatic rings. The zero-order valence-corrected chi connectivity index (χ0v) is 16.9. The number of carbonyl (C=O) groups is 1. The lowest BCUT2D eigenvalue weighted by Crippen LogP contribution is -2.45. The maximum atomic E-state index is 12.4. The van der Waals surface area contributed by atoms with Gasteiger partial charge in [-0.05, 0) is 36.4 Å². The van der Waals surface area contributed by atoms with E-state index in [1.807, 2.05) is 72.8 Å². The number of furan rings is 1. The molecule has 0 spiro atoms. The molecule has 0 radical (unpaired) electrons. The molecule has 1 aromatic heterocycles. The average Bonchev–Trinajstić information content (AvgIpc) is 3.19. The highest BCUT2D eigenvalue weighted by Gasteiger charge is 2.35. The van der Waals surface area contributed by atoms with Crippen molar-refractivity contribution in [2.45, 2.75) is 6.17 Å². The molecule has 1 aliphatic rings. The minimum atomic E-state index is -0.622. The molecule has 7 heteroatoms. The summed E-state index contributed by atoms with van der Waals surface area (Å²) in [5, 5.41) is 12.5. The quantitative estimate of drug-likeness (QED) is 0.549. The van der Waals surface area contributed by atoms with Crippen LogP contribution in [0.1, 0.15) is 11.9 Å². The Labute approximate surface area is 175 Å². The lowest BCUT2D eigenvalue weighted by molar-refractivity contribution is -0.118. The normalized spacial score (nSPS) is 16.7. The molecule has 0 fully saturated rings. The first kappa shape index (κ1) is 18.4. The highest BCUT2D eigenvalue weighted by atomic mass is 79.9. The maximum Gasteiger partial charge on any atom is 0.266 e. The van der Waals surface area contributed by atoms with Crippen molar-refractivity contribution in [3.05, 3.63) is 87.6 Å². The minimum absolute atomic E-state index is 0.0388. The van der Waals surface area contributed by atoms with E-state index >= 15 is 0 Å². The number of halogens is 1. The lowest BCUT2D eigenvalue weighted by Gasteiger charge is -2.36. The van der Waals surface area contributed by atoms with Gasteiger partial charge in [0.05, 0.1) is 5.03 Å². The minimum Gasteiger partial charge on any atom is -0.457 e. The Morgan fingerprint density at radius 1 is 1.07 bits per heavy atom. The van der Waals surface area contributed by atoms with E-state index in [2.05, 4.69) is 33.9 Å². The van der Waals surface area contributed by atoms with Crippen LogP contribution in [0.2, 0.25) is 0 Å². The number of para-hydroxylation sites is 1. The number of rotatable bonds is 3. The van der Waals surface area contributed by atoms with Crippen molar-refractivity contribution in [2.24, 2.45) is 0 Å². The van der Waals surface area contributed by atoms with Crippen LogP contribution in [0.15, 0.2) is 86.2 Å². The van der Waals surface area contributed by atoms with E-state index in [0.717, 1.165) is 15.7 Å². The summed E-state index contributed by atoms with van der Waals surface area (Å²) in [7, 11) is 0. The largest absolute Gasteiger partial charge is 0.457 e. The topological polar surface area (TPSA) is 69.3 Å². The van der Waals surface area contributed by atoms with Crippen LogP contribution in [0.25, 0.3) is 11.3 Å². The van der Waals surface area contributed by atoms with Gasteiger partial charge in [0.1, 0.15) is 23.2 Å². The first-order valence-electron chi connectivity index (χ1n) is 8.42. The second kappa shape index (κ2) is 7.58. The fourth-order valence-corrected chi connectivity index (χ4v) is 3.68. The van der Waals surface area contributed by atoms with E-state index in [4.69, 9.17) is 4.42 Å². The molecule has 1 amide bonds. The molecule has 0 aliphatic carbocycles. The molecule has 1 N–H and O–H groups in total. The van der Waals surface area contributed by atoms with Gasteiger partial charge in [0.15, 0.2) is 6.17 Å². The monoisotopic (exact) mass is 451 g/mol. The van der Waals surface area contributed by atoms with Crippen molar-refractivity contribution in [3.63, 3.8) is 0 Å². The Kier molecular flexibility index (Phi) is 4.99. The Balaban J connectivity index is 1.77. The second-order valence-electron chi connectivity index (χ2n) is 6.10. The number of hydrogen-bond donors (Lipinski definition) is 2. The molecule has 0 unspecified atom stereocenters. The van der Waals surface area contributed by atoms with Crippen LogP contribution < -0.4 is 10.2 Å². The summed E-state index contributed by atoms with van der Waals surface area (Å²) in [5.74, 6) is 0.741. The van der Waals surface area contributed by atoms with Gasteiger partial charge in [0.2, 0.25) is 0 Å². The van der Waals surface area contributed by atoms with Crippen LogP contribution in [0.3, 0.4) is 0 Å². The lowest BCUT2D eigenvalue weighted by atomic mass is 10.1. The van der Waals surface area contributed by atoms with Gasteiger partial charge in [-0.15, -0.1) is 12.6 Å². The number of anilines is 1. The molecule has 1 aliphatic heterocycles. The summed E-state index contributed by atoms with van der Waals surface area (Å²) in [5.41, 5.74) is 1.66. The third kappa shape index (κ3) is 3.33. The molecule has 0 saturated heterocycles. The summed E-state index contributed by atoms with van der Waals surface area (Å²) in [6.45, 7) is 0. The van der Waals surface area contributed by atoms with Crippen LogP contribution in [0, 0.1) is 11.3 Å². The smallest absolute Gasteiger partial charge is 0.266 e. The third-order valence-electron chi connectivity index (χ3n) is 4.38. The Hall–Kier alpha value is -2.95. The fraction of sp³-hybridized carbons (Fsp3) is 0.0476. The fourth-order valence-electron chi connectivity index (χ4n) is 3.03. The molecule has 0 saturated carbocycles. The summed E-state index contributed by atoms with van der Waals surface area (Å²) in [6, 6.07) is 22.8. The summed E-state index contributed by atoms with van der Waals surface area (Å²) >= 11 is 7.90. The number of nitrogens with zero attached hydrogens (tertiary/aromatic N) is 2. The number of nitrogens with one attached hydrogen (secondary N) is 1. The number of carbonyl (C=O) groups excluding carboxylic acids is 1. The summed E-state index contributed by atoms with van der Waals surface area (Å²) < 4.78 is 7.03. The van der Waals surface area contributed by atoms with E-state index in [1.165, 1.54) is 0 Å². The van der Waals surface area contributed by atoms with Crippen LogP contribution >= 0.6 is 28.6 Å². The maximum absolute atomic E-state index is 12.4. The van der Waals surface area contributed by atoms with Crippen molar-refractivity contribution in [2.75, 3.05) is 4.90 Å². The molecule has 28 heavy (non-hydrogen) atoms. The molecular weight excluding hydrogens is 438 g/mol. The zero-order valence-electron chi connectivity index (χ0n) is 14.5. The number of amides is 1. The van der Waals surface area contributed by atoms with Gasteiger partial charge in [-0.2, -0.15) is 5.26 Å². The van der Waals surface area contributed by atoms with Crippen molar-refractivity contribution in [1.82, 2.24) is 5.32 Å². The zero-order chi connectivity index (χ0) is 19.7. The first-order valence-corrected chi connectivity index (χ1v) is 9.66. The summed E-state index contributed by atoms with van der Waals surface area (Å²) in [4.78, 5) is 14.2. The van der Waals surface area contributed by atoms with Crippen molar-refractivity contribution < 1.29 is 9.21 Å². The van der Waals surface area contributed by atoms with Gasteiger partial charge < -0.3 is 14.6 Å². The summed E-state index contributed by atoms with van der Waals surface area (Å²) in [6.07, 6.45) is -0.622. The van der Waals surface area contributed by atoms with Crippen molar-refractivity contribution in [3.8, 4) is 17.4 Å². The molecule has 0 bridgehead atoms. The van der Waals surface area contributed by atoms with Crippen LogP contribution in [0.4, 0.5) is 5.69 Å². The Bertz CT molecular complexity index is 1100. The van der Waals surface area contributed by atoms with Crippen LogP contribution in [-0.2, 0) is 4.79 Å². The van der Waals surface area contributed by atoms with Gasteiger partial charge >= 0.3 is 0 Å². The highest BCUT2D eigenvalue weighted by molar-refractivity contribution is 9.10. The number of hydrogen-bond acceptors (Lipinski definition) is 5. The van der Waals surface area contributed by atoms with E-state index in [1.54, 1.807) is 4.90 Å². The Morgan fingerprint density at radius 3 is 2.46 bits per heavy atom. The molecule has 2 heterocycles. The molecule has 138 valence electrons. The van der Waals surface area contributed by atoms with Gasteiger partial charge in [-0.25, -0.2) is 0 Å².